The lowest BCUT2D eigenvalue weighted by molar-refractivity contribution is -0.116. The number of aromatic nitrogens is 4. The van der Waals surface area contributed by atoms with Gasteiger partial charge in [-0.15, -0.1) is 0 Å². The normalized spacial score (nSPS) is 11.0. The Labute approximate surface area is 181 Å². The molecule has 4 rings (SSSR count). The summed E-state index contributed by atoms with van der Waals surface area (Å²) in [6.45, 7) is -0.429. The van der Waals surface area contributed by atoms with Crippen LogP contribution in [0.25, 0.3) is 11.0 Å². The number of methoxy groups -OCH3 is 1. The molecule has 2 aromatic carbocycles. The number of benzene rings is 2. The van der Waals surface area contributed by atoms with Crippen LogP contribution in [-0.2, 0) is 24.9 Å². The molecule has 0 radical (unpaired) electrons. The second-order valence-electron chi connectivity index (χ2n) is 7.17. The van der Waals surface area contributed by atoms with E-state index < -0.39 is 23.0 Å². The molecule has 164 valence electrons. The van der Waals surface area contributed by atoms with Crippen molar-refractivity contribution < 1.29 is 13.9 Å². The van der Waals surface area contributed by atoms with Crippen molar-refractivity contribution in [2.24, 2.45) is 7.05 Å². The summed E-state index contributed by atoms with van der Waals surface area (Å²) in [6.07, 6.45) is 1.51. The van der Waals surface area contributed by atoms with Crippen LogP contribution in [0.1, 0.15) is 5.56 Å². The van der Waals surface area contributed by atoms with Gasteiger partial charge in [0.25, 0.3) is 5.56 Å². The molecule has 0 aliphatic carbocycles. The lowest BCUT2D eigenvalue weighted by Gasteiger charge is -2.13. The zero-order chi connectivity index (χ0) is 22.8. The minimum absolute atomic E-state index is 0.0549. The van der Waals surface area contributed by atoms with Gasteiger partial charge in [-0.2, -0.15) is 5.10 Å². The zero-order valence-electron chi connectivity index (χ0n) is 17.4. The molecule has 0 aliphatic heterocycles. The van der Waals surface area contributed by atoms with Crippen LogP contribution in [0.3, 0.4) is 0 Å². The van der Waals surface area contributed by atoms with Crippen molar-refractivity contribution in [2.45, 2.75) is 13.1 Å². The molecule has 9 nitrogen and oxygen atoms in total. The third-order valence-corrected chi connectivity index (χ3v) is 4.95. The number of hydrogen-bond donors (Lipinski definition) is 1. The van der Waals surface area contributed by atoms with Crippen LogP contribution in [0.15, 0.2) is 64.3 Å². The molecule has 1 amide bonds. The smallest absolute Gasteiger partial charge is 0.332 e. The van der Waals surface area contributed by atoms with Crippen LogP contribution in [0.4, 0.5) is 10.1 Å². The van der Waals surface area contributed by atoms with Gasteiger partial charge in [-0.05, 0) is 29.8 Å². The Balaban J connectivity index is 1.74. The van der Waals surface area contributed by atoms with E-state index in [1.807, 2.05) is 0 Å². The van der Waals surface area contributed by atoms with Gasteiger partial charge in [-0.1, -0.05) is 24.3 Å². The summed E-state index contributed by atoms with van der Waals surface area (Å²) in [7, 11) is 3.10. The molecule has 0 fully saturated rings. The lowest BCUT2D eigenvalue weighted by atomic mass is 10.2. The first-order chi connectivity index (χ1) is 15.4. The number of halogens is 1. The highest BCUT2D eigenvalue weighted by Gasteiger charge is 2.19. The Kier molecular flexibility index (Phi) is 5.59. The van der Waals surface area contributed by atoms with Crippen molar-refractivity contribution in [3.05, 3.63) is 86.9 Å². The largest absolute Gasteiger partial charge is 0.495 e. The molecule has 4 aromatic rings. The van der Waals surface area contributed by atoms with Crippen LogP contribution >= 0.6 is 0 Å². The van der Waals surface area contributed by atoms with Crippen LogP contribution in [0, 0.1) is 5.82 Å². The standard InChI is InChI=1S/C22H20FN5O4/c1-26-12-17-20(25-26)21(30)28(11-14-7-9-15(23)10-8-14)22(31)27(17)13-19(29)24-16-5-3-4-6-18(16)32-2/h3-10,12H,11,13H2,1-2H3,(H,24,29). The molecule has 2 aromatic heterocycles. The fraction of sp³-hybridized carbons (Fsp3) is 0.182. The van der Waals surface area contributed by atoms with E-state index in [0.717, 1.165) is 4.57 Å². The van der Waals surface area contributed by atoms with E-state index in [2.05, 4.69) is 10.4 Å². The number of hydrogen-bond acceptors (Lipinski definition) is 5. The molecule has 0 atom stereocenters. The molecule has 2 heterocycles. The van der Waals surface area contributed by atoms with E-state index in [9.17, 15) is 18.8 Å². The van der Waals surface area contributed by atoms with E-state index in [-0.39, 0.29) is 24.1 Å². The second kappa shape index (κ2) is 8.50. The number of rotatable bonds is 6. The molecule has 0 bridgehead atoms. The summed E-state index contributed by atoms with van der Waals surface area (Å²) >= 11 is 0. The SMILES string of the molecule is COc1ccccc1NC(=O)Cn1c(=O)n(Cc2ccc(F)cc2)c(=O)c2nn(C)cc21. The van der Waals surface area contributed by atoms with E-state index in [4.69, 9.17) is 4.74 Å². The summed E-state index contributed by atoms with van der Waals surface area (Å²) in [4.78, 5) is 38.9. The molecule has 0 saturated carbocycles. The molecular weight excluding hydrogens is 417 g/mol. The quantitative estimate of drug-likeness (QED) is 0.495. The first-order valence-corrected chi connectivity index (χ1v) is 9.71. The number of aryl methyl sites for hydroxylation is 1. The number of fused-ring (bicyclic) bond motifs is 1. The van der Waals surface area contributed by atoms with Crippen molar-refractivity contribution in [2.75, 3.05) is 12.4 Å². The fourth-order valence-corrected chi connectivity index (χ4v) is 3.44. The molecule has 0 spiro atoms. The Morgan fingerprint density at radius 1 is 1.09 bits per heavy atom. The van der Waals surface area contributed by atoms with Gasteiger partial charge in [0.15, 0.2) is 5.52 Å². The predicted molar refractivity (Wildman–Crippen MR) is 116 cm³/mol. The van der Waals surface area contributed by atoms with Crippen molar-refractivity contribution in [1.82, 2.24) is 18.9 Å². The van der Waals surface area contributed by atoms with Gasteiger partial charge in [0.05, 0.1) is 24.9 Å². The minimum Gasteiger partial charge on any atom is -0.495 e. The molecular formula is C22H20FN5O4. The molecule has 1 N–H and O–H groups in total. The van der Waals surface area contributed by atoms with Crippen molar-refractivity contribution in [3.8, 4) is 5.75 Å². The number of para-hydroxylation sites is 2. The average molecular weight is 437 g/mol. The lowest BCUT2D eigenvalue weighted by Crippen LogP contribution is -2.41. The van der Waals surface area contributed by atoms with Crippen molar-refractivity contribution >= 4 is 22.6 Å². The van der Waals surface area contributed by atoms with Gasteiger partial charge in [-0.25, -0.2) is 9.18 Å². The highest BCUT2D eigenvalue weighted by Crippen LogP contribution is 2.23. The van der Waals surface area contributed by atoms with Crippen LogP contribution < -0.4 is 21.3 Å². The van der Waals surface area contributed by atoms with Gasteiger partial charge >= 0.3 is 5.69 Å². The second-order valence-corrected chi connectivity index (χ2v) is 7.17. The van der Waals surface area contributed by atoms with Gasteiger partial charge in [0.1, 0.15) is 18.1 Å². The van der Waals surface area contributed by atoms with Crippen LogP contribution in [-0.4, -0.2) is 31.9 Å². The Hall–Kier alpha value is -4.21. The maximum atomic E-state index is 13.2. The maximum absolute atomic E-state index is 13.2. The zero-order valence-corrected chi connectivity index (χ0v) is 17.4. The topological polar surface area (TPSA) is 100 Å². The number of nitrogens with zero attached hydrogens (tertiary/aromatic N) is 4. The monoisotopic (exact) mass is 437 g/mol. The summed E-state index contributed by atoms with van der Waals surface area (Å²) < 4.78 is 22.1. The van der Waals surface area contributed by atoms with Gasteiger partial charge < -0.3 is 10.1 Å². The number of carbonyl (C=O) groups excluding carboxylic acids is 1. The number of carbonyl (C=O) groups is 1. The fourth-order valence-electron chi connectivity index (χ4n) is 3.44. The van der Waals surface area contributed by atoms with Crippen molar-refractivity contribution in [3.63, 3.8) is 0 Å². The molecule has 0 unspecified atom stereocenters. The van der Waals surface area contributed by atoms with Crippen molar-refractivity contribution in [1.29, 1.82) is 0 Å². The predicted octanol–water partition coefficient (Wildman–Crippen LogP) is 1.73. The number of anilines is 1. The molecule has 32 heavy (non-hydrogen) atoms. The van der Waals surface area contributed by atoms with Crippen LogP contribution in [0.2, 0.25) is 0 Å². The third kappa shape index (κ3) is 4.02. The van der Waals surface area contributed by atoms with E-state index in [1.54, 1.807) is 31.3 Å². The highest BCUT2D eigenvalue weighted by molar-refractivity contribution is 5.92. The van der Waals surface area contributed by atoms with Gasteiger partial charge in [0, 0.05) is 13.2 Å². The minimum atomic E-state index is -0.671. The number of ether oxygens (including phenoxy) is 1. The van der Waals surface area contributed by atoms with Gasteiger partial charge in [-0.3, -0.25) is 23.4 Å². The number of amides is 1. The summed E-state index contributed by atoms with van der Waals surface area (Å²) in [6, 6.07) is 12.4. The Morgan fingerprint density at radius 3 is 2.53 bits per heavy atom. The third-order valence-electron chi connectivity index (χ3n) is 4.95. The number of nitrogens with one attached hydrogen (secondary N) is 1. The van der Waals surface area contributed by atoms with Crippen LogP contribution in [0.5, 0.6) is 5.75 Å². The molecule has 10 heteroatoms. The Morgan fingerprint density at radius 2 is 1.81 bits per heavy atom. The maximum Gasteiger partial charge on any atom is 0.332 e. The first kappa shape index (κ1) is 21.0. The summed E-state index contributed by atoms with van der Waals surface area (Å²) in [5.41, 5.74) is 0.0552. The molecule has 0 aliphatic rings. The average Bonchev–Trinajstić information content (AvgIpc) is 3.17. The van der Waals surface area contributed by atoms with E-state index in [1.165, 1.54) is 46.8 Å². The first-order valence-electron chi connectivity index (χ1n) is 9.71. The summed E-state index contributed by atoms with van der Waals surface area (Å²) in [5, 5.41) is 6.88. The van der Waals surface area contributed by atoms with Gasteiger partial charge in [0.2, 0.25) is 5.91 Å². The highest BCUT2D eigenvalue weighted by atomic mass is 19.1. The Bertz CT molecular complexity index is 1420. The molecule has 0 saturated heterocycles. The summed E-state index contributed by atoms with van der Waals surface area (Å²) in [5.74, 6) is -0.429. The van der Waals surface area contributed by atoms with E-state index in [0.29, 0.717) is 17.0 Å². The van der Waals surface area contributed by atoms with E-state index >= 15 is 0 Å².